The Kier molecular flexibility index (Phi) is 5.86. The van der Waals surface area contributed by atoms with Crippen LogP contribution >= 0.6 is 0 Å². The normalized spacial score (nSPS) is 14.9. The van der Waals surface area contributed by atoms with E-state index in [4.69, 9.17) is 4.74 Å². The van der Waals surface area contributed by atoms with Crippen molar-refractivity contribution in [2.45, 2.75) is 37.7 Å². The maximum absolute atomic E-state index is 12.5. The molecular formula is C24H24N2O3S. The van der Waals surface area contributed by atoms with Gasteiger partial charge in [0.15, 0.2) is 0 Å². The van der Waals surface area contributed by atoms with Crippen LogP contribution in [0, 0.1) is 6.92 Å². The van der Waals surface area contributed by atoms with Crippen molar-refractivity contribution in [2.24, 2.45) is 5.10 Å². The van der Waals surface area contributed by atoms with E-state index in [1.165, 1.54) is 0 Å². The molecule has 0 saturated carbocycles. The van der Waals surface area contributed by atoms with E-state index in [1.54, 1.807) is 24.3 Å². The van der Waals surface area contributed by atoms with E-state index in [2.05, 4.69) is 9.93 Å². The number of fused-ring (bicyclic) bond motifs is 1. The molecular weight excluding hydrogens is 396 g/mol. The van der Waals surface area contributed by atoms with Crippen LogP contribution in [0.15, 0.2) is 82.8 Å². The maximum Gasteiger partial charge on any atom is 0.276 e. The fourth-order valence-corrected chi connectivity index (χ4v) is 4.30. The number of sulfonamides is 1. The minimum Gasteiger partial charge on any atom is -0.489 e. The first-order chi connectivity index (χ1) is 14.5. The second kappa shape index (κ2) is 8.71. The van der Waals surface area contributed by atoms with E-state index in [9.17, 15) is 8.42 Å². The Hall–Kier alpha value is -3.12. The standard InChI is InChI=1S/C24H24N2O3S/c1-18-10-13-22(14-11-18)30(27,28)26-25-24-9-5-8-20-16-21(12-15-23(20)24)29-17-19-6-3-2-4-7-19/h2-4,6-7,10-16,26H,5,8-9,17H2,1H3/b25-24-. The molecule has 0 fully saturated rings. The summed E-state index contributed by atoms with van der Waals surface area (Å²) in [5, 5.41) is 4.26. The fraction of sp³-hybridized carbons (Fsp3) is 0.208. The first-order valence-electron chi connectivity index (χ1n) is 9.96. The lowest BCUT2D eigenvalue weighted by Crippen LogP contribution is -2.22. The number of ether oxygens (including phenoxy) is 1. The van der Waals surface area contributed by atoms with Gasteiger partial charge in [-0.3, -0.25) is 0 Å². The summed E-state index contributed by atoms with van der Waals surface area (Å²) < 4.78 is 31.0. The summed E-state index contributed by atoms with van der Waals surface area (Å²) in [6, 6.07) is 22.7. The van der Waals surface area contributed by atoms with Gasteiger partial charge in [-0.1, -0.05) is 48.0 Å². The van der Waals surface area contributed by atoms with Crippen LogP contribution in [-0.4, -0.2) is 14.1 Å². The third-order valence-corrected chi connectivity index (χ3v) is 6.35. The van der Waals surface area contributed by atoms with Gasteiger partial charge in [-0.15, -0.1) is 0 Å². The summed E-state index contributed by atoms with van der Waals surface area (Å²) in [6.45, 7) is 2.43. The van der Waals surface area contributed by atoms with Gasteiger partial charge in [-0.2, -0.15) is 18.4 Å². The van der Waals surface area contributed by atoms with Crippen molar-refractivity contribution < 1.29 is 13.2 Å². The molecule has 0 radical (unpaired) electrons. The van der Waals surface area contributed by atoms with Crippen molar-refractivity contribution in [3.63, 3.8) is 0 Å². The predicted octanol–water partition coefficient (Wildman–Crippen LogP) is 4.59. The lowest BCUT2D eigenvalue weighted by atomic mass is 9.90. The van der Waals surface area contributed by atoms with Gasteiger partial charge in [-0.25, -0.2) is 0 Å². The van der Waals surface area contributed by atoms with Crippen molar-refractivity contribution in [1.82, 2.24) is 4.83 Å². The zero-order chi connectivity index (χ0) is 21.0. The molecule has 1 aliphatic rings. The van der Waals surface area contributed by atoms with Gasteiger partial charge in [0.2, 0.25) is 0 Å². The summed E-state index contributed by atoms with van der Waals surface area (Å²) in [5.74, 6) is 0.805. The van der Waals surface area contributed by atoms with Crippen molar-refractivity contribution in [3.05, 3.63) is 95.1 Å². The number of rotatable bonds is 6. The average Bonchev–Trinajstić information content (AvgIpc) is 2.77. The second-order valence-corrected chi connectivity index (χ2v) is 9.07. The number of benzene rings is 3. The highest BCUT2D eigenvalue weighted by Crippen LogP contribution is 2.26. The molecule has 3 aromatic carbocycles. The van der Waals surface area contributed by atoms with Crippen LogP contribution in [-0.2, 0) is 23.1 Å². The molecule has 1 aliphatic carbocycles. The summed E-state index contributed by atoms with van der Waals surface area (Å²) in [4.78, 5) is 2.60. The molecule has 4 rings (SSSR count). The molecule has 30 heavy (non-hydrogen) atoms. The summed E-state index contributed by atoms with van der Waals surface area (Å²) in [7, 11) is -3.69. The average molecular weight is 421 g/mol. The van der Waals surface area contributed by atoms with E-state index in [0.717, 1.165) is 53.0 Å². The Bertz CT molecular complexity index is 1150. The smallest absolute Gasteiger partial charge is 0.276 e. The summed E-state index contributed by atoms with van der Waals surface area (Å²) in [6.07, 6.45) is 2.56. The van der Waals surface area contributed by atoms with Gasteiger partial charge in [0.05, 0.1) is 10.6 Å². The Morgan fingerprint density at radius 3 is 2.50 bits per heavy atom. The molecule has 0 bridgehead atoms. The Morgan fingerprint density at radius 1 is 0.967 bits per heavy atom. The number of nitrogens with one attached hydrogen (secondary N) is 1. The molecule has 1 N–H and O–H groups in total. The third kappa shape index (κ3) is 4.71. The van der Waals surface area contributed by atoms with Crippen LogP contribution < -0.4 is 9.57 Å². The van der Waals surface area contributed by atoms with E-state index in [0.29, 0.717) is 6.61 Å². The van der Waals surface area contributed by atoms with Crippen molar-refractivity contribution in [2.75, 3.05) is 0 Å². The zero-order valence-electron chi connectivity index (χ0n) is 16.8. The molecule has 0 unspecified atom stereocenters. The number of aryl methyl sites for hydroxylation is 2. The van der Waals surface area contributed by atoms with Gasteiger partial charge in [0.1, 0.15) is 12.4 Å². The Morgan fingerprint density at radius 2 is 1.73 bits per heavy atom. The van der Waals surface area contributed by atoms with Crippen LogP contribution in [0.2, 0.25) is 0 Å². The zero-order valence-corrected chi connectivity index (χ0v) is 17.7. The lowest BCUT2D eigenvalue weighted by molar-refractivity contribution is 0.306. The van der Waals surface area contributed by atoms with E-state index >= 15 is 0 Å². The Balaban J connectivity index is 1.50. The monoisotopic (exact) mass is 420 g/mol. The molecule has 0 aliphatic heterocycles. The highest BCUT2D eigenvalue weighted by atomic mass is 32.2. The first-order valence-corrected chi connectivity index (χ1v) is 11.4. The predicted molar refractivity (Wildman–Crippen MR) is 118 cm³/mol. The second-order valence-electron chi connectivity index (χ2n) is 7.41. The van der Waals surface area contributed by atoms with Crippen molar-refractivity contribution in [3.8, 4) is 5.75 Å². The van der Waals surface area contributed by atoms with Gasteiger partial charge in [-0.05, 0) is 67.6 Å². The van der Waals surface area contributed by atoms with Gasteiger partial charge in [0.25, 0.3) is 10.0 Å². The Labute approximate surface area is 177 Å². The number of hydrazone groups is 1. The largest absolute Gasteiger partial charge is 0.489 e. The van der Waals surface area contributed by atoms with E-state index < -0.39 is 10.0 Å². The molecule has 3 aromatic rings. The highest BCUT2D eigenvalue weighted by molar-refractivity contribution is 7.89. The van der Waals surface area contributed by atoms with Crippen molar-refractivity contribution >= 4 is 15.7 Å². The summed E-state index contributed by atoms with van der Waals surface area (Å²) >= 11 is 0. The molecule has 0 atom stereocenters. The maximum atomic E-state index is 12.5. The number of hydrogen-bond donors (Lipinski definition) is 1. The minimum atomic E-state index is -3.69. The summed E-state index contributed by atoms with van der Waals surface area (Å²) in [5.41, 5.74) is 4.97. The number of nitrogens with zero attached hydrogens (tertiary/aromatic N) is 1. The van der Waals surface area contributed by atoms with Crippen LogP contribution in [0.5, 0.6) is 5.75 Å². The topological polar surface area (TPSA) is 67.8 Å². The third-order valence-electron chi connectivity index (χ3n) is 5.13. The van der Waals surface area contributed by atoms with Crippen LogP contribution in [0.4, 0.5) is 0 Å². The molecule has 5 nitrogen and oxygen atoms in total. The quantitative estimate of drug-likeness (QED) is 0.593. The van der Waals surface area contributed by atoms with Gasteiger partial charge in [0, 0.05) is 5.56 Å². The number of hydrogen-bond acceptors (Lipinski definition) is 4. The van der Waals surface area contributed by atoms with Gasteiger partial charge < -0.3 is 4.74 Å². The molecule has 6 heteroatoms. The first kappa shape index (κ1) is 20.2. The SMILES string of the molecule is Cc1ccc(S(=O)(=O)N/N=C2/CCCc3cc(OCc4ccccc4)ccc32)cc1. The molecule has 154 valence electrons. The van der Waals surface area contributed by atoms with Crippen molar-refractivity contribution in [1.29, 1.82) is 0 Å². The lowest BCUT2D eigenvalue weighted by Gasteiger charge is -2.19. The highest BCUT2D eigenvalue weighted by Gasteiger charge is 2.18. The molecule has 0 heterocycles. The fourth-order valence-electron chi connectivity index (χ4n) is 3.47. The van der Waals surface area contributed by atoms with Crippen LogP contribution in [0.1, 0.15) is 35.1 Å². The molecule has 0 spiro atoms. The van der Waals surface area contributed by atoms with Crippen LogP contribution in [0.3, 0.4) is 0 Å². The molecule has 0 aromatic heterocycles. The van der Waals surface area contributed by atoms with Crippen LogP contribution in [0.25, 0.3) is 0 Å². The van der Waals surface area contributed by atoms with Gasteiger partial charge >= 0.3 is 0 Å². The molecule has 0 saturated heterocycles. The minimum absolute atomic E-state index is 0.207. The molecule has 0 amide bonds. The van der Waals surface area contributed by atoms with E-state index in [1.807, 2.05) is 55.5 Å². The van der Waals surface area contributed by atoms with E-state index in [-0.39, 0.29) is 4.90 Å².